The van der Waals surface area contributed by atoms with Crippen LogP contribution < -0.4 is 0 Å². The van der Waals surface area contributed by atoms with Crippen molar-refractivity contribution in [1.29, 1.82) is 0 Å². The molecule has 0 aromatic heterocycles. The second kappa shape index (κ2) is 10.0. The summed E-state index contributed by atoms with van der Waals surface area (Å²) in [6.45, 7) is 12.9. The van der Waals surface area contributed by atoms with Crippen LogP contribution in [0, 0.1) is 17.8 Å². The molecule has 32 heavy (non-hydrogen) atoms. The molecule has 0 unspecified atom stereocenters. The van der Waals surface area contributed by atoms with Gasteiger partial charge in [0.05, 0.1) is 18.1 Å². The van der Waals surface area contributed by atoms with Crippen LogP contribution in [0.3, 0.4) is 0 Å². The van der Waals surface area contributed by atoms with E-state index in [0.29, 0.717) is 5.25 Å². The van der Waals surface area contributed by atoms with Crippen molar-refractivity contribution in [3.05, 3.63) is 10.6 Å². The molecule has 4 aliphatic rings. The molecule has 7 nitrogen and oxygen atoms in total. The summed E-state index contributed by atoms with van der Waals surface area (Å²) in [6.07, 6.45) is 5.21. The Balaban J connectivity index is 1.30. The van der Waals surface area contributed by atoms with Gasteiger partial charge in [-0.2, -0.15) is 0 Å². The summed E-state index contributed by atoms with van der Waals surface area (Å²) in [5.41, 5.74) is 0.163. The number of carboxylic acid groups (broad SMARTS) is 1. The average molecular weight is 466 g/mol. The fraction of sp³-hybridized carbons (Fsp3) is 0.833. The summed E-state index contributed by atoms with van der Waals surface area (Å²) < 4.78 is 0. The van der Waals surface area contributed by atoms with Gasteiger partial charge in [-0.1, -0.05) is 13.8 Å². The first-order chi connectivity index (χ1) is 15.3. The van der Waals surface area contributed by atoms with Crippen molar-refractivity contribution < 1.29 is 19.8 Å². The second-order valence-corrected chi connectivity index (χ2v) is 11.5. The summed E-state index contributed by atoms with van der Waals surface area (Å²) in [5.74, 6) is -0.983. The van der Waals surface area contributed by atoms with E-state index in [2.05, 4.69) is 16.7 Å². The Hall–Kier alpha value is -1.09. The number of carbonyl (C=O) groups is 2. The summed E-state index contributed by atoms with van der Waals surface area (Å²) in [6, 6.07) is -0.213. The van der Waals surface area contributed by atoms with Crippen LogP contribution in [0.1, 0.15) is 52.9 Å². The van der Waals surface area contributed by atoms with Gasteiger partial charge < -0.3 is 24.9 Å². The van der Waals surface area contributed by atoms with E-state index in [1.165, 1.54) is 50.3 Å². The lowest BCUT2D eigenvalue weighted by atomic mass is 9.79. The normalized spacial score (nSPS) is 31.7. The molecule has 0 aliphatic carbocycles. The number of likely N-dealkylation sites (tertiary alicyclic amines) is 2. The molecule has 0 bridgehead atoms. The highest BCUT2D eigenvalue weighted by Gasteiger charge is 2.60. The van der Waals surface area contributed by atoms with Gasteiger partial charge in [0.25, 0.3) is 0 Å². The van der Waals surface area contributed by atoms with Crippen LogP contribution in [0.4, 0.5) is 0 Å². The number of hydrogen-bond acceptors (Lipinski definition) is 6. The number of aliphatic hydroxyl groups is 1. The van der Waals surface area contributed by atoms with Gasteiger partial charge in [-0.05, 0) is 77.7 Å². The highest BCUT2D eigenvalue weighted by molar-refractivity contribution is 8.03. The number of aliphatic carboxylic acids is 1. The molecule has 1 amide bonds. The summed E-state index contributed by atoms with van der Waals surface area (Å²) in [4.78, 5) is 32.0. The molecule has 0 aromatic carbocycles. The lowest BCUT2D eigenvalue weighted by Gasteiger charge is -2.46. The minimum absolute atomic E-state index is 0.0327. The van der Waals surface area contributed by atoms with E-state index in [1.54, 1.807) is 18.7 Å². The standard InChI is InChI=1S/C24H39N3O4S/c1-4-9-25-10-5-17(6-11-25)14-26-12-7-18(8-13-26)32-22-15(2)20-19(16(3)28)23(29)27(20)21(22)24(30)31/h15-20,28H,4-14H2,1-3H3,(H,30,31)/t15-,16-,19-,20-/m1/s1. The fourth-order valence-electron chi connectivity index (χ4n) is 6.14. The van der Waals surface area contributed by atoms with Gasteiger partial charge in [-0.25, -0.2) is 4.79 Å². The lowest BCUT2D eigenvalue weighted by Crippen LogP contribution is -2.63. The van der Waals surface area contributed by atoms with Crippen LogP contribution >= 0.6 is 11.8 Å². The Morgan fingerprint density at radius 1 is 1.12 bits per heavy atom. The third kappa shape index (κ3) is 4.61. The Morgan fingerprint density at radius 3 is 2.31 bits per heavy atom. The average Bonchev–Trinajstić information content (AvgIpc) is 2.99. The highest BCUT2D eigenvalue weighted by atomic mass is 32.2. The number of rotatable bonds is 8. The van der Waals surface area contributed by atoms with Gasteiger partial charge in [0.2, 0.25) is 5.91 Å². The van der Waals surface area contributed by atoms with E-state index in [9.17, 15) is 19.8 Å². The molecule has 0 spiro atoms. The molecule has 4 heterocycles. The molecular weight excluding hydrogens is 426 g/mol. The van der Waals surface area contributed by atoms with E-state index in [0.717, 1.165) is 36.8 Å². The maximum Gasteiger partial charge on any atom is 0.353 e. The first-order valence-electron chi connectivity index (χ1n) is 12.4. The van der Waals surface area contributed by atoms with Gasteiger partial charge in [-0.15, -0.1) is 11.8 Å². The van der Waals surface area contributed by atoms with Crippen molar-refractivity contribution >= 4 is 23.6 Å². The van der Waals surface area contributed by atoms with Crippen LogP contribution in [-0.2, 0) is 9.59 Å². The summed E-state index contributed by atoms with van der Waals surface area (Å²) in [7, 11) is 0. The number of piperidine rings is 2. The van der Waals surface area contributed by atoms with E-state index >= 15 is 0 Å². The number of carbonyl (C=O) groups excluding carboxylic acids is 1. The monoisotopic (exact) mass is 465 g/mol. The summed E-state index contributed by atoms with van der Waals surface area (Å²) in [5, 5.41) is 20.2. The zero-order chi connectivity index (χ0) is 23.0. The van der Waals surface area contributed by atoms with E-state index in [4.69, 9.17) is 0 Å². The van der Waals surface area contributed by atoms with Crippen LogP contribution in [0.15, 0.2) is 10.6 Å². The number of fused-ring (bicyclic) bond motifs is 1. The van der Waals surface area contributed by atoms with Crippen molar-refractivity contribution in [3.8, 4) is 0 Å². The number of hydrogen-bond donors (Lipinski definition) is 2. The molecule has 0 aromatic rings. The number of thioether (sulfide) groups is 1. The topological polar surface area (TPSA) is 84.3 Å². The quantitative estimate of drug-likeness (QED) is 0.533. The first-order valence-corrected chi connectivity index (χ1v) is 13.3. The zero-order valence-electron chi connectivity index (χ0n) is 19.7. The predicted molar refractivity (Wildman–Crippen MR) is 126 cm³/mol. The molecule has 8 heteroatoms. The lowest BCUT2D eigenvalue weighted by molar-refractivity contribution is -0.163. The number of amides is 1. The van der Waals surface area contributed by atoms with Gasteiger partial charge in [0.1, 0.15) is 5.70 Å². The van der Waals surface area contributed by atoms with Crippen molar-refractivity contribution in [2.45, 2.75) is 70.3 Å². The second-order valence-electron chi connectivity index (χ2n) is 10.2. The molecule has 4 rings (SSSR count). The maximum absolute atomic E-state index is 12.5. The number of aliphatic hydroxyl groups excluding tert-OH is 1. The third-order valence-electron chi connectivity index (χ3n) is 7.90. The number of β-lactam (4-membered cyclic amide) rings is 1. The zero-order valence-corrected chi connectivity index (χ0v) is 20.5. The Labute approximate surface area is 196 Å². The first kappa shape index (κ1) is 24.0. The van der Waals surface area contributed by atoms with Crippen LogP contribution in [0.5, 0.6) is 0 Å². The van der Waals surface area contributed by atoms with E-state index < -0.39 is 18.0 Å². The molecule has 4 aliphatic heterocycles. The van der Waals surface area contributed by atoms with Crippen molar-refractivity contribution in [1.82, 2.24) is 14.7 Å². The smallest absolute Gasteiger partial charge is 0.353 e. The Kier molecular flexibility index (Phi) is 7.54. The van der Waals surface area contributed by atoms with Gasteiger partial charge >= 0.3 is 5.97 Å². The van der Waals surface area contributed by atoms with Crippen molar-refractivity contribution in [3.63, 3.8) is 0 Å². The predicted octanol–water partition coefficient (Wildman–Crippen LogP) is 2.46. The van der Waals surface area contributed by atoms with Gasteiger partial charge in [0.15, 0.2) is 0 Å². The highest BCUT2D eigenvalue weighted by Crippen LogP contribution is 2.52. The minimum Gasteiger partial charge on any atom is -0.477 e. The third-order valence-corrected chi connectivity index (χ3v) is 9.53. The van der Waals surface area contributed by atoms with E-state index in [-0.39, 0.29) is 23.6 Å². The van der Waals surface area contributed by atoms with Gasteiger partial charge in [-0.3, -0.25) is 4.79 Å². The molecule has 4 atom stereocenters. The van der Waals surface area contributed by atoms with E-state index in [1.807, 2.05) is 6.92 Å². The minimum atomic E-state index is -1.02. The number of carboxylic acids is 1. The molecular formula is C24H39N3O4S. The van der Waals surface area contributed by atoms with Gasteiger partial charge in [0, 0.05) is 22.6 Å². The molecule has 0 saturated carbocycles. The Bertz CT molecular complexity index is 742. The SMILES string of the molecule is CCCN1CCC(CN2CCC(SC3=C(C(=O)O)N4C(=O)[C@H]([C@@H](C)O)[C@H]4[C@H]3C)CC2)CC1. The summed E-state index contributed by atoms with van der Waals surface area (Å²) >= 11 is 1.68. The molecule has 180 valence electrons. The molecule has 3 saturated heterocycles. The molecule has 3 fully saturated rings. The largest absolute Gasteiger partial charge is 0.477 e. The molecule has 2 N–H and O–H groups in total. The Morgan fingerprint density at radius 2 is 1.75 bits per heavy atom. The van der Waals surface area contributed by atoms with Crippen LogP contribution in [0.2, 0.25) is 0 Å². The van der Waals surface area contributed by atoms with Crippen molar-refractivity contribution in [2.24, 2.45) is 17.8 Å². The number of nitrogens with zero attached hydrogens (tertiary/aromatic N) is 3. The van der Waals surface area contributed by atoms with Crippen LogP contribution in [-0.4, -0.2) is 93.5 Å². The molecule has 0 radical (unpaired) electrons. The van der Waals surface area contributed by atoms with Crippen molar-refractivity contribution in [2.75, 3.05) is 39.3 Å². The fourth-order valence-corrected chi connectivity index (χ4v) is 7.60. The maximum atomic E-state index is 12.5. The van der Waals surface area contributed by atoms with Crippen LogP contribution in [0.25, 0.3) is 0 Å².